The fourth-order valence-corrected chi connectivity index (χ4v) is 1.61. The number of hydrogen-bond acceptors (Lipinski definition) is 1. The second-order valence-corrected chi connectivity index (χ2v) is 3.14. The first-order valence-electron chi connectivity index (χ1n) is 4.38. The lowest BCUT2D eigenvalue weighted by Crippen LogP contribution is -1.91. The fourth-order valence-electron chi connectivity index (χ4n) is 1.61. The van der Waals surface area contributed by atoms with Gasteiger partial charge in [-0.05, 0) is 31.6 Å². The summed E-state index contributed by atoms with van der Waals surface area (Å²) in [6, 6.07) is 0. The standard InChI is InChI=1S/C9H17O/c10-8-4-3-7-9-5-1-2-6-9/h10H,1-8H2. The first kappa shape index (κ1) is 8.06. The number of hydrogen-bond donors (Lipinski definition) is 1. The van der Waals surface area contributed by atoms with Crippen LogP contribution in [0.4, 0.5) is 0 Å². The van der Waals surface area contributed by atoms with Crippen molar-refractivity contribution < 1.29 is 5.11 Å². The third-order valence-corrected chi connectivity index (χ3v) is 2.25. The van der Waals surface area contributed by atoms with Crippen molar-refractivity contribution in [2.45, 2.75) is 44.9 Å². The van der Waals surface area contributed by atoms with E-state index in [0.29, 0.717) is 6.61 Å². The molecule has 0 aromatic heterocycles. The van der Waals surface area contributed by atoms with Crippen molar-refractivity contribution in [1.29, 1.82) is 0 Å². The van der Waals surface area contributed by atoms with E-state index in [1.807, 2.05) is 0 Å². The van der Waals surface area contributed by atoms with Gasteiger partial charge in [0.2, 0.25) is 0 Å². The minimum Gasteiger partial charge on any atom is -0.396 e. The van der Waals surface area contributed by atoms with Crippen LogP contribution in [0.5, 0.6) is 0 Å². The lowest BCUT2D eigenvalue weighted by molar-refractivity contribution is 0.283. The van der Waals surface area contributed by atoms with Crippen LogP contribution < -0.4 is 0 Å². The normalized spacial score (nSPS) is 20.1. The minimum atomic E-state index is 0.368. The zero-order chi connectivity index (χ0) is 7.23. The molecule has 0 saturated heterocycles. The van der Waals surface area contributed by atoms with Crippen LogP contribution in [0.1, 0.15) is 44.9 Å². The third kappa shape index (κ3) is 2.70. The van der Waals surface area contributed by atoms with E-state index in [-0.39, 0.29) is 0 Å². The van der Waals surface area contributed by atoms with Crippen molar-refractivity contribution in [3.8, 4) is 0 Å². The molecule has 0 spiro atoms. The van der Waals surface area contributed by atoms with E-state index in [9.17, 15) is 0 Å². The van der Waals surface area contributed by atoms with Crippen LogP contribution in [0.3, 0.4) is 0 Å². The Morgan fingerprint density at radius 2 is 1.80 bits per heavy atom. The van der Waals surface area contributed by atoms with Gasteiger partial charge in [-0.3, -0.25) is 0 Å². The summed E-state index contributed by atoms with van der Waals surface area (Å²) in [5.74, 6) is 1.74. The highest BCUT2D eigenvalue weighted by Gasteiger charge is 2.14. The summed E-state index contributed by atoms with van der Waals surface area (Å²) in [6.45, 7) is 0.368. The van der Waals surface area contributed by atoms with Crippen molar-refractivity contribution in [3.63, 3.8) is 0 Å². The zero-order valence-corrected chi connectivity index (χ0v) is 6.60. The van der Waals surface area contributed by atoms with Gasteiger partial charge in [-0.1, -0.05) is 19.3 Å². The van der Waals surface area contributed by atoms with Crippen molar-refractivity contribution in [1.82, 2.24) is 0 Å². The van der Waals surface area contributed by atoms with Gasteiger partial charge in [0, 0.05) is 6.61 Å². The summed E-state index contributed by atoms with van der Waals surface area (Å²) in [7, 11) is 0. The van der Waals surface area contributed by atoms with Crippen molar-refractivity contribution >= 4 is 0 Å². The van der Waals surface area contributed by atoms with Gasteiger partial charge in [0.25, 0.3) is 0 Å². The Morgan fingerprint density at radius 1 is 1.10 bits per heavy atom. The van der Waals surface area contributed by atoms with Gasteiger partial charge in [0.1, 0.15) is 0 Å². The molecule has 1 aliphatic carbocycles. The zero-order valence-electron chi connectivity index (χ0n) is 6.60. The lowest BCUT2D eigenvalue weighted by Gasteiger charge is -2.05. The second kappa shape index (κ2) is 4.73. The van der Waals surface area contributed by atoms with Crippen LogP contribution in [0.2, 0.25) is 0 Å². The molecule has 0 heterocycles. The van der Waals surface area contributed by atoms with Gasteiger partial charge < -0.3 is 5.11 Å². The highest BCUT2D eigenvalue weighted by Crippen LogP contribution is 2.30. The Labute approximate surface area is 63.4 Å². The molecule has 10 heavy (non-hydrogen) atoms. The molecule has 59 valence electrons. The summed E-state index contributed by atoms with van der Waals surface area (Å²) in [4.78, 5) is 0. The number of rotatable bonds is 4. The molecule has 1 nitrogen and oxygen atoms in total. The number of unbranched alkanes of at least 4 members (excludes halogenated alkanes) is 1. The quantitative estimate of drug-likeness (QED) is 0.595. The average Bonchev–Trinajstić information content (AvgIpc) is 2.41. The van der Waals surface area contributed by atoms with E-state index in [2.05, 4.69) is 0 Å². The monoisotopic (exact) mass is 141 g/mol. The van der Waals surface area contributed by atoms with E-state index in [1.54, 1.807) is 5.92 Å². The van der Waals surface area contributed by atoms with Crippen molar-refractivity contribution in [2.24, 2.45) is 0 Å². The Kier molecular flexibility index (Phi) is 3.81. The van der Waals surface area contributed by atoms with Crippen molar-refractivity contribution in [3.05, 3.63) is 5.92 Å². The lowest BCUT2D eigenvalue weighted by atomic mass is 10.0. The second-order valence-electron chi connectivity index (χ2n) is 3.14. The number of aliphatic hydroxyl groups excluding tert-OH is 1. The predicted molar refractivity (Wildman–Crippen MR) is 42.6 cm³/mol. The van der Waals surface area contributed by atoms with Gasteiger partial charge in [-0.15, -0.1) is 0 Å². The summed E-state index contributed by atoms with van der Waals surface area (Å²) in [5, 5.41) is 8.53. The summed E-state index contributed by atoms with van der Waals surface area (Å²) in [6.07, 6.45) is 9.02. The van der Waals surface area contributed by atoms with E-state index in [0.717, 1.165) is 6.42 Å². The largest absolute Gasteiger partial charge is 0.396 e. The Balaban J connectivity index is 1.91. The summed E-state index contributed by atoms with van der Waals surface area (Å²) >= 11 is 0. The molecule has 0 aliphatic heterocycles. The molecule has 0 aromatic carbocycles. The highest BCUT2D eigenvalue weighted by molar-refractivity contribution is 4.93. The van der Waals surface area contributed by atoms with Gasteiger partial charge in [0.15, 0.2) is 0 Å². The smallest absolute Gasteiger partial charge is 0.0431 e. The molecule has 0 unspecified atom stereocenters. The molecule has 1 radical (unpaired) electrons. The maximum Gasteiger partial charge on any atom is 0.0431 e. The molecule has 1 rings (SSSR count). The van der Waals surface area contributed by atoms with Crippen LogP contribution >= 0.6 is 0 Å². The van der Waals surface area contributed by atoms with Crippen LogP contribution in [0.15, 0.2) is 0 Å². The molecule has 0 atom stereocenters. The Morgan fingerprint density at radius 3 is 2.40 bits per heavy atom. The molecule has 1 N–H and O–H groups in total. The van der Waals surface area contributed by atoms with Crippen molar-refractivity contribution in [2.75, 3.05) is 6.61 Å². The van der Waals surface area contributed by atoms with Crippen LogP contribution in [0, 0.1) is 5.92 Å². The molecule has 1 fully saturated rings. The SMILES string of the molecule is OCCCC[C]1CCCC1. The molecule has 0 amide bonds. The maximum atomic E-state index is 8.53. The first-order chi connectivity index (χ1) is 4.93. The van der Waals surface area contributed by atoms with Crippen LogP contribution in [0.25, 0.3) is 0 Å². The third-order valence-electron chi connectivity index (χ3n) is 2.25. The molecule has 0 bridgehead atoms. The predicted octanol–water partition coefficient (Wildman–Crippen LogP) is 2.30. The van der Waals surface area contributed by atoms with E-state index in [4.69, 9.17) is 5.11 Å². The highest BCUT2D eigenvalue weighted by atomic mass is 16.2. The molecule has 1 aliphatic rings. The summed E-state index contributed by atoms with van der Waals surface area (Å²) < 4.78 is 0. The van der Waals surface area contributed by atoms with Gasteiger partial charge >= 0.3 is 0 Å². The molecule has 0 aromatic rings. The first-order valence-corrected chi connectivity index (χ1v) is 4.38. The van der Waals surface area contributed by atoms with E-state index in [1.165, 1.54) is 38.5 Å². The van der Waals surface area contributed by atoms with Crippen LogP contribution in [-0.2, 0) is 0 Å². The van der Waals surface area contributed by atoms with Crippen LogP contribution in [-0.4, -0.2) is 11.7 Å². The molecule has 1 saturated carbocycles. The van der Waals surface area contributed by atoms with Gasteiger partial charge in [-0.25, -0.2) is 0 Å². The Bertz CT molecular complexity index is 74.8. The Hall–Kier alpha value is -0.0400. The maximum absolute atomic E-state index is 8.53. The molecular weight excluding hydrogens is 124 g/mol. The van der Waals surface area contributed by atoms with Gasteiger partial charge in [0.05, 0.1) is 0 Å². The molecular formula is C9H17O. The van der Waals surface area contributed by atoms with E-state index >= 15 is 0 Å². The fraction of sp³-hybridized carbons (Fsp3) is 0.889. The summed E-state index contributed by atoms with van der Waals surface area (Å²) in [5.41, 5.74) is 0. The molecule has 1 heteroatoms. The van der Waals surface area contributed by atoms with Gasteiger partial charge in [-0.2, -0.15) is 0 Å². The number of aliphatic hydroxyl groups is 1. The topological polar surface area (TPSA) is 20.2 Å². The van der Waals surface area contributed by atoms with E-state index < -0.39 is 0 Å². The average molecular weight is 141 g/mol. The minimum absolute atomic E-state index is 0.368.